The third kappa shape index (κ3) is 5.06. The van der Waals surface area contributed by atoms with Crippen LogP contribution < -0.4 is 10.1 Å². The Morgan fingerprint density at radius 2 is 2.12 bits per heavy atom. The van der Waals surface area contributed by atoms with E-state index >= 15 is 0 Å². The number of halogens is 1. The molecule has 0 aliphatic heterocycles. The fourth-order valence-electron chi connectivity index (χ4n) is 1.27. The third-order valence-corrected chi connectivity index (χ3v) is 2.36. The van der Waals surface area contributed by atoms with Gasteiger partial charge in [-0.15, -0.1) is 11.6 Å². The van der Waals surface area contributed by atoms with Crippen LogP contribution in [0.3, 0.4) is 0 Å². The monoisotopic (exact) mass is 257 g/mol. The lowest BCUT2D eigenvalue weighted by Gasteiger charge is -2.11. The van der Waals surface area contributed by atoms with Crippen LogP contribution in [-0.2, 0) is 16.1 Å². The Morgan fingerprint density at radius 3 is 2.82 bits per heavy atom. The molecule has 0 radical (unpaired) electrons. The van der Waals surface area contributed by atoms with Gasteiger partial charge in [0, 0.05) is 19.2 Å². The molecule has 0 aromatic heterocycles. The van der Waals surface area contributed by atoms with E-state index in [4.69, 9.17) is 21.1 Å². The molecule has 0 saturated carbocycles. The summed E-state index contributed by atoms with van der Waals surface area (Å²) in [6.45, 7) is 1.42. The second-order valence-corrected chi connectivity index (χ2v) is 3.63. The lowest BCUT2D eigenvalue weighted by Crippen LogP contribution is -2.24. The Labute approximate surface area is 106 Å². The molecule has 5 heteroatoms. The van der Waals surface area contributed by atoms with Crippen molar-refractivity contribution in [2.75, 3.05) is 26.2 Å². The van der Waals surface area contributed by atoms with Gasteiger partial charge in [0.2, 0.25) is 5.91 Å². The van der Waals surface area contributed by atoms with Gasteiger partial charge in [-0.1, -0.05) is 18.2 Å². The highest BCUT2D eigenvalue weighted by Crippen LogP contribution is 2.17. The zero-order valence-electron chi connectivity index (χ0n) is 9.74. The molecule has 0 aliphatic carbocycles. The summed E-state index contributed by atoms with van der Waals surface area (Å²) in [6, 6.07) is 7.54. The Kier molecular flexibility index (Phi) is 6.43. The van der Waals surface area contributed by atoms with Gasteiger partial charge >= 0.3 is 0 Å². The highest BCUT2D eigenvalue weighted by Gasteiger charge is 2.04. The van der Waals surface area contributed by atoms with Crippen molar-refractivity contribution in [2.45, 2.75) is 6.54 Å². The van der Waals surface area contributed by atoms with E-state index in [0.717, 1.165) is 11.3 Å². The topological polar surface area (TPSA) is 47.6 Å². The van der Waals surface area contributed by atoms with E-state index in [-0.39, 0.29) is 11.8 Å². The quantitative estimate of drug-likeness (QED) is 0.596. The molecule has 0 fully saturated rings. The maximum Gasteiger partial charge on any atom is 0.235 e. The lowest BCUT2D eigenvalue weighted by atomic mass is 10.2. The van der Waals surface area contributed by atoms with Crippen LogP contribution in [0.2, 0.25) is 0 Å². The van der Waals surface area contributed by atoms with Crippen LogP contribution in [0, 0.1) is 0 Å². The molecule has 0 unspecified atom stereocenters. The summed E-state index contributed by atoms with van der Waals surface area (Å²) >= 11 is 5.40. The molecule has 1 aromatic carbocycles. The fraction of sp³-hybridized carbons (Fsp3) is 0.417. The molecule has 0 spiro atoms. The number of hydrogen-bond donors (Lipinski definition) is 1. The van der Waals surface area contributed by atoms with E-state index in [1.165, 1.54) is 0 Å². The zero-order chi connectivity index (χ0) is 12.5. The predicted molar refractivity (Wildman–Crippen MR) is 66.4 cm³/mol. The molecule has 0 bridgehead atoms. The summed E-state index contributed by atoms with van der Waals surface area (Å²) in [6.07, 6.45) is 0. The Balaban J connectivity index is 2.54. The van der Waals surface area contributed by atoms with Crippen molar-refractivity contribution in [2.24, 2.45) is 0 Å². The molecule has 1 N–H and O–H groups in total. The Morgan fingerprint density at radius 1 is 1.35 bits per heavy atom. The fourth-order valence-corrected chi connectivity index (χ4v) is 1.36. The molecule has 1 rings (SSSR count). The number of alkyl halides is 1. The summed E-state index contributed by atoms with van der Waals surface area (Å²) in [5.74, 6) is 0.518. The minimum Gasteiger partial charge on any atom is -0.491 e. The number of benzene rings is 1. The van der Waals surface area contributed by atoms with Gasteiger partial charge in [-0.2, -0.15) is 0 Å². The molecule has 1 amide bonds. The second kappa shape index (κ2) is 7.92. The van der Waals surface area contributed by atoms with Gasteiger partial charge in [0.25, 0.3) is 0 Å². The average molecular weight is 258 g/mol. The van der Waals surface area contributed by atoms with Crippen LogP contribution in [0.4, 0.5) is 0 Å². The van der Waals surface area contributed by atoms with Gasteiger partial charge in [-0.3, -0.25) is 4.79 Å². The van der Waals surface area contributed by atoms with Crippen molar-refractivity contribution >= 4 is 17.5 Å². The van der Waals surface area contributed by atoms with Crippen LogP contribution in [0.25, 0.3) is 0 Å². The first-order chi connectivity index (χ1) is 8.27. The van der Waals surface area contributed by atoms with E-state index in [9.17, 15) is 4.79 Å². The number of carbonyl (C=O) groups excluding carboxylic acids is 1. The number of methoxy groups -OCH3 is 1. The smallest absolute Gasteiger partial charge is 0.235 e. The number of hydrogen-bond acceptors (Lipinski definition) is 3. The lowest BCUT2D eigenvalue weighted by molar-refractivity contribution is -0.118. The maximum atomic E-state index is 11.1. The summed E-state index contributed by atoms with van der Waals surface area (Å²) in [7, 11) is 1.62. The van der Waals surface area contributed by atoms with Crippen molar-refractivity contribution in [3.63, 3.8) is 0 Å². The molecule has 1 aromatic rings. The van der Waals surface area contributed by atoms with Crippen LogP contribution in [0.15, 0.2) is 24.3 Å². The van der Waals surface area contributed by atoms with Crippen LogP contribution in [-0.4, -0.2) is 32.1 Å². The van der Waals surface area contributed by atoms with Crippen LogP contribution in [0.1, 0.15) is 5.56 Å². The molecule has 0 saturated heterocycles. The molecule has 0 heterocycles. The average Bonchev–Trinajstić information content (AvgIpc) is 2.37. The van der Waals surface area contributed by atoms with E-state index in [0.29, 0.717) is 19.8 Å². The van der Waals surface area contributed by atoms with Crippen LogP contribution in [0.5, 0.6) is 5.75 Å². The molecule has 94 valence electrons. The molecular formula is C12H16ClNO3. The second-order valence-electron chi connectivity index (χ2n) is 3.36. The van der Waals surface area contributed by atoms with Gasteiger partial charge in [0.15, 0.2) is 0 Å². The maximum absolute atomic E-state index is 11.1. The zero-order valence-corrected chi connectivity index (χ0v) is 10.5. The normalized spacial score (nSPS) is 10.0. The summed E-state index contributed by atoms with van der Waals surface area (Å²) in [4.78, 5) is 11.1. The molecule has 17 heavy (non-hydrogen) atoms. The third-order valence-electron chi connectivity index (χ3n) is 2.12. The summed E-state index contributed by atoms with van der Waals surface area (Å²) in [5, 5.41) is 2.70. The largest absolute Gasteiger partial charge is 0.491 e. The minimum atomic E-state index is -0.196. The number of carbonyl (C=O) groups is 1. The summed E-state index contributed by atoms with van der Waals surface area (Å²) < 4.78 is 10.4. The van der Waals surface area contributed by atoms with Crippen LogP contribution >= 0.6 is 11.6 Å². The minimum absolute atomic E-state index is 0.0350. The van der Waals surface area contributed by atoms with Gasteiger partial charge in [0.1, 0.15) is 18.2 Å². The van der Waals surface area contributed by atoms with Gasteiger partial charge in [0.05, 0.1) is 6.61 Å². The summed E-state index contributed by atoms with van der Waals surface area (Å²) in [5.41, 5.74) is 0.919. The number of ether oxygens (including phenoxy) is 2. The highest BCUT2D eigenvalue weighted by atomic mass is 35.5. The van der Waals surface area contributed by atoms with E-state index in [1.807, 2.05) is 24.3 Å². The van der Waals surface area contributed by atoms with Crippen molar-refractivity contribution in [1.82, 2.24) is 5.32 Å². The van der Waals surface area contributed by atoms with Crippen molar-refractivity contribution in [3.8, 4) is 5.75 Å². The highest BCUT2D eigenvalue weighted by molar-refractivity contribution is 6.27. The first-order valence-electron chi connectivity index (χ1n) is 5.30. The first kappa shape index (κ1) is 13.8. The SMILES string of the molecule is COCCOc1ccccc1CNC(=O)CCl. The van der Waals surface area contributed by atoms with Gasteiger partial charge in [-0.05, 0) is 6.07 Å². The van der Waals surface area contributed by atoms with Crippen molar-refractivity contribution < 1.29 is 14.3 Å². The number of rotatable bonds is 7. The Bertz CT molecular complexity index is 357. The number of amides is 1. The van der Waals surface area contributed by atoms with E-state index in [1.54, 1.807) is 7.11 Å². The van der Waals surface area contributed by atoms with E-state index < -0.39 is 0 Å². The number of para-hydroxylation sites is 1. The molecular weight excluding hydrogens is 242 g/mol. The van der Waals surface area contributed by atoms with Crippen molar-refractivity contribution in [1.29, 1.82) is 0 Å². The molecule has 0 aliphatic rings. The van der Waals surface area contributed by atoms with Gasteiger partial charge < -0.3 is 14.8 Å². The first-order valence-corrected chi connectivity index (χ1v) is 5.83. The predicted octanol–water partition coefficient (Wildman–Crippen LogP) is 1.57. The van der Waals surface area contributed by atoms with Crippen molar-refractivity contribution in [3.05, 3.63) is 29.8 Å². The Hall–Kier alpha value is -1.26. The standard InChI is InChI=1S/C12H16ClNO3/c1-16-6-7-17-11-5-3-2-4-10(11)9-14-12(15)8-13/h2-5H,6-9H2,1H3,(H,14,15). The number of nitrogens with one attached hydrogen (secondary N) is 1. The molecule has 0 atom stereocenters. The van der Waals surface area contributed by atoms with Gasteiger partial charge in [-0.25, -0.2) is 0 Å². The van der Waals surface area contributed by atoms with E-state index in [2.05, 4.69) is 5.32 Å². The molecule has 4 nitrogen and oxygen atoms in total.